The maximum atomic E-state index is 2.43. The number of nitrogens with zero attached hydrogens (tertiary/aromatic N) is 1. The standard InChI is InChI=1S/C42H27NS/c1-2-14-28(15-3-1)29-21-12-23-36-37-24-13-22-35(42(37)44-41(29)36)31-17-5-4-16-30(31)32-18-6-9-25-38(32)43-39-26-10-7-19-33(39)34-20-8-11-27-40(34)43/h1-27H. The van der Waals surface area contributed by atoms with Gasteiger partial charge in [0.2, 0.25) is 0 Å². The molecule has 0 bridgehead atoms. The van der Waals surface area contributed by atoms with Gasteiger partial charge in [-0.3, -0.25) is 0 Å². The summed E-state index contributed by atoms with van der Waals surface area (Å²) in [6, 6.07) is 59.5. The van der Waals surface area contributed by atoms with Gasteiger partial charge in [0.05, 0.1) is 16.7 Å². The molecular formula is C42H27NS. The highest BCUT2D eigenvalue weighted by molar-refractivity contribution is 7.26. The molecule has 0 aliphatic carbocycles. The van der Waals surface area contributed by atoms with Gasteiger partial charge < -0.3 is 4.57 Å². The van der Waals surface area contributed by atoms with E-state index in [4.69, 9.17) is 0 Å². The second kappa shape index (κ2) is 10.1. The van der Waals surface area contributed by atoms with Gasteiger partial charge in [-0.25, -0.2) is 0 Å². The first-order valence-electron chi connectivity index (χ1n) is 15.0. The van der Waals surface area contributed by atoms with Crippen molar-refractivity contribution in [1.29, 1.82) is 0 Å². The van der Waals surface area contributed by atoms with Crippen LogP contribution >= 0.6 is 11.3 Å². The molecule has 0 amide bonds. The lowest BCUT2D eigenvalue weighted by Gasteiger charge is -2.17. The van der Waals surface area contributed by atoms with Gasteiger partial charge in [-0.2, -0.15) is 0 Å². The smallest absolute Gasteiger partial charge is 0.0541 e. The second-order valence-corrected chi connectivity index (χ2v) is 12.3. The van der Waals surface area contributed by atoms with Crippen LogP contribution in [-0.2, 0) is 0 Å². The Bertz CT molecular complexity index is 2440. The lowest BCUT2D eigenvalue weighted by Crippen LogP contribution is -1.98. The molecule has 9 aromatic rings. The quantitative estimate of drug-likeness (QED) is 0.196. The van der Waals surface area contributed by atoms with Gasteiger partial charge in [0.1, 0.15) is 0 Å². The van der Waals surface area contributed by atoms with Crippen LogP contribution in [0.3, 0.4) is 0 Å². The van der Waals surface area contributed by atoms with E-state index < -0.39 is 0 Å². The zero-order valence-corrected chi connectivity index (χ0v) is 24.8. The molecule has 0 aliphatic heterocycles. The van der Waals surface area contributed by atoms with Gasteiger partial charge in [-0.05, 0) is 40.5 Å². The number of benzene rings is 7. The Morgan fingerprint density at radius 1 is 0.318 bits per heavy atom. The third-order valence-corrected chi connectivity index (χ3v) is 10.1. The van der Waals surface area contributed by atoms with Crippen molar-refractivity contribution in [2.75, 3.05) is 0 Å². The molecule has 44 heavy (non-hydrogen) atoms. The lowest BCUT2D eigenvalue weighted by atomic mass is 9.92. The average molecular weight is 578 g/mol. The zero-order valence-electron chi connectivity index (χ0n) is 23.9. The Morgan fingerprint density at radius 3 is 1.45 bits per heavy atom. The van der Waals surface area contributed by atoms with Crippen molar-refractivity contribution in [3.63, 3.8) is 0 Å². The molecule has 2 heterocycles. The van der Waals surface area contributed by atoms with Crippen LogP contribution in [-0.4, -0.2) is 4.57 Å². The SMILES string of the molecule is c1ccc(-c2cccc3c2sc2c(-c4ccccc4-c4ccccc4-n4c5ccccc5c5ccccc54)cccc23)cc1. The van der Waals surface area contributed by atoms with Crippen molar-refractivity contribution in [2.24, 2.45) is 0 Å². The van der Waals surface area contributed by atoms with Crippen LogP contribution in [0.2, 0.25) is 0 Å². The molecule has 2 aromatic heterocycles. The summed E-state index contributed by atoms with van der Waals surface area (Å²) in [5, 5.41) is 5.17. The van der Waals surface area contributed by atoms with Crippen LogP contribution in [0, 0.1) is 0 Å². The van der Waals surface area contributed by atoms with E-state index in [0.29, 0.717) is 0 Å². The monoisotopic (exact) mass is 577 g/mol. The molecule has 0 fully saturated rings. The molecule has 0 saturated carbocycles. The minimum Gasteiger partial charge on any atom is -0.309 e. The fourth-order valence-electron chi connectivity index (χ4n) is 6.91. The Balaban J connectivity index is 1.30. The van der Waals surface area contributed by atoms with Crippen molar-refractivity contribution >= 4 is 53.3 Å². The Hall–Kier alpha value is -5.44. The van der Waals surface area contributed by atoms with Crippen molar-refractivity contribution in [2.45, 2.75) is 0 Å². The van der Waals surface area contributed by atoms with E-state index in [2.05, 4.69) is 168 Å². The summed E-state index contributed by atoms with van der Waals surface area (Å²) >= 11 is 1.91. The molecule has 9 rings (SSSR count). The average Bonchev–Trinajstić information content (AvgIpc) is 3.65. The fourth-order valence-corrected chi connectivity index (χ4v) is 8.27. The minimum atomic E-state index is 1.19. The predicted molar refractivity (Wildman–Crippen MR) is 190 cm³/mol. The van der Waals surface area contributed by atoms with E-state index in [9.17, 15) is 0 Å². The summed E-state index contributed by atoms with van der Waals surface area (Å²) in [6.45, 7) is 0. The summed E-state index contributed by atoms with van der Waals surface area (Å²) in [5.41, 5.74) is 11.2. The Labute approximate surface area is 259 Å². The van der Waals surface area contributed by atoms with E-state index >= 15 is 0 Å². The molecule has 0 saturated heterocycles. The Morgan fingerprint density at radius 2 is 0.773 bits per heavy atom. The first-order valence-corrected chi connectivity index (χ1v) is 15.9. The van der Waals surface area contributed by atoms with Crippen LogP contribution in [0.4, 0.5) is 0 Å². The van der Waals surface area contributed by atoms with Crippen molar-refractivity contribution < 1.29 is 0 Å². The number of aromatic nitrogens is 1. The maximum Gasteiger partial charge on any atom is 0.0541 e. The maximum absolute atomic E-state index is 2.43. The zero-order chi connectivity index (χ0) is 29.0. The number of para-hydroxylation sites is 3. The highest BCUT2D eigenvalue weighted by atomic mass is 32.1. The summed E-state index contributed by atoms with van der Waals surface area (Å²) in [6.07, 6.45) is 0. The molecule has 206 valence electrons. The molecule has 0 radical (unpaired) electrons. The molecule has 7 aromatic carbocycles. The second-order valence-electron chi connectivity index (χ2n) is 11.3. The first kappa shape index (κ1) is 25.1. The van der Waals surface area contributed by atoms with Crippen LogP contribution in [0.1, 0.15) is 0 Å². The van der Waals surface area contributed by atoms with Crippen molar-refractivity contribution in [1.82, 2.24) is 4.57 Å². The van der Waals surface area contributed by atoms with E-state index in [-0.39, 0.29) is 0 Å². The molecule has 0 unspecified atom stereocenters. The van der Waals surface area contributed by atoms with Crippen LogP contribution in [0.5, 0.6) is 0 Å². The summed E-state index contributed by atoms with van der Waals surface area (Å²) in [7, 11) is 0. The molecule has 0 spiro atoms. The van der Waals surface area contributed by atoms with E-state index in [1.807, 2.05) is 11.3 Å². The largest absolute Gasteiger partial charge is 0.309 e. The number of thiophene rings is 1. The number of hydrogen-bond donors (Lipinski definition) is 0. The molecule has 0 N–H and O–H groups in total. The van der Waals surface area contributed by atoms with E-state index in [1.165, 1.54) is 81.0 Å². The van der Waals surface area contributed by atoms with Gasteiger partial charge in [0, 0.05) is 42.1 Å². The summed E-state index contributed by atoms with van der Waals surface area (Å²) in [4.78, 5) is 0. The Kier molecular flexibility index (Phi) is 5.75. The summed E-state index contributed by atoms with van der Waals surface area (Å²) < 4.78 is 5.10. The molecule has 2 heteroatoms. The van der Waals surface area contributed by atoms with E-state index in [0.717, 1.165) is 0 Å². The van der Waals surface area contributed by atoms with Crippen LogP contribution < -0.4 is 0 Å². The number of rotatable bonds is 4. The van der Waals surface area contributed by atoms with E-state index in [1.54, 1.807) is 0 Å². The third kappa shape index (κ3) is 3.78. The number of hydrogen-bond acceptors (Lipinski definition) is 1. The van der Waals surface area contributed by atoms with Gasteiger partial charge >= 0.3 is 0 Å². The van der Waals surface area contributed by atoms with Gasteiger partial charge in [-0.15, -0.1) is 11.3 Å². The topological polar surface area (TPSA) is 4.93 Å². The molecule has 1 nitrogen and oxygen atoms in total. The normalized spacial score (nSPS) is 11.6. The van der Waals surface area contributed by atoms with Gasteiger partial charge in [-0.1, -0.05) is 146 Å². The van der Waals surface area contributed by atoms with Crippen molar-refractivity contribution in [3.8, 4) is 39.1 Å². The lowest BCUT2D eigenvalue weighted by molar-refractivity contribution is 1.18. The van der Waals surface area contributed by atoms with Crippen molar-refractivity contribution in [3.05, 3.63) is 164 Å². The van der Waals surface area contributed by atoms with Crippen LogP contribution in [0.25, 0.3) is 81.0 Å². The number of fused-ring (bicyclic) bond motifs is 6. The molecular weight excluding hydrogens is 551 g/mol. The van der Waals surface area contributed by atoms with Gasteiger partial charge in [0.25, 0.3) is 0 Å². The highest BCUT2D eigenvalue weighted by Crippen LogP contribution is 2.46. The summed E-state index contributed by atoms with van der Waals surface area (Å²) in [5.74, 6) is 0. The first-order chi connectivity index (χ1) is 21.9. The molecule has 0 atom stereocenters. The van der Waals surface area contributed by atoms with Gasteiger partial charge in [0.15, 0.2) is 0 Å². The minimum absolute atomic E-state index is 1.19. The molecule has 0 aliphatic rings. The third-order valence-electron chi connectivity index (χ3n) is 8.84. The predicted octanol–water partition coefficient (Wildman–Crippen LogP) is 12.2. The fraction of sp³-hybridized carbons (Fsp3) is 0. The highest BCUT2D eigenvalue weighted by Gasteiger charge is 2.19. The van der Waals surface area contributed by atoms with Crippen LogP contribution in [0.15, 0.2) is 164 Å².